The topological polar surface area (TPSA) is 117 Å². The first-order valence-corrected chi connectivity index (χ1v) is 9.65. The summed E-state index contributed by atoms with van der Waals surface area (Å²) < 4.78 is 5.25. The highest BCUT2D eigenvalue weighted by Crippen LogP contribution is 2.36. The van der Waals surface area contributed by atoms with Crippen LogP contribution in [0.3, 0.4) is 0 Å². The van der Waals surface area contributed by atoms with E-state index in [1.807, 2.05) is 30.4 Å². The zero-order valence-electron chi connectivity index (χ0n) is 15.6. The van der Waals surface area contributed by atoms with Crippen molar-refractivity contribution in [2.24, 2.45) is 17.6 Å². The summed E-state index contributed by atoms with van der Waals surface area (Å²) in [7, 11) is 0. The van der Waals surface area contributed by atoms with Gasteiger partial charge >= 0.3 is 0 Å². The number of carbonyl (C=O) groups is 1. The number of aliphatic hydroxyl groups excluding tert-OH is 3. The summed E-state index contributed by atoms with van der Waals surface area (Å²) in [6.07, 6.45) is 11.4. The van der Waals surface area contributed by atoms with Crippen LogP contribution < -0.4 is 5.73 Å². The molecule has 1 aliphatic carbocycles. The molecule has 0 aliphatic heterocycles. The first-order chi connectivity index (χ1) is 13.0. The number of furan rings is 1. The van der Waals surface area contributed by atoms with Crippen LogP contribution >= 0.6 is 0 Å². The Hall–Kier alpha value is -1.89. The van der Waals surface area contributed by atoms with E-state index in [0.29, 0.717) is 38.5 Å². The first kappa shape index (κ1) is 21.4. The van der Waals surface area contributed by atoms with Gasteiger partial charge in [0.15, 0.2) is 0 Å². The highest BCUT2D eigenvalue weighted by atomic mass is 16.3. The standard InChI is InChI=1S/C21H31NO5/c22-21(26)8-4-2-1-3-7-17-18(20(25)14-19(17)24)12-10-15(23)9-11-16-6-5-13-27-16/h1,3,5-6,10,12-13,15,17-20,23-25H,2,4,7-9,11,14H2,(H2,22,26)/b3-1-,12-10+/t15-,17+,18+,19-,20+/m0/s1. The van der Waals surface area contributed by atoms with E-state index >= 15 is 0 Å². The zero-order chi connectivity index (χ0) is 19.6. The molecule has 5 atom stereocenters. The van der Waals surface area contributed by atoms with Gasteiger partial charge in [0.05, 0.1) is 24.6 Å². The summed E-state index contributed by atoms with van der Waals surface area (Å²) in [6, 6.07) is 3.69. The van der Waals surface area contributed by atoms with E-state index in [9.17, 15) is 20.1 Å². The number of aliphatic hydroxyl groups is 3. The van der Waals surface area contributed by atoms with Crippen molar-refractivity contribution in [1.29, 1.82) is 0 Å². The number of aryl methyl sites for hydroxylation is 1. The van der Waals surface area contributed by atoms with Gasteiger partial charge in [-0.2, -0.15) is 0 Å². The predicted molar refractivity (Wildman–Crippen MR) is 103 cm³/mol. The SMILES string of the molecule is NC(=O)CCC/C=C\C[C@@H]1[C@@H](/C=C/[C@@H](O)CCc2ccco2)[C@H](O)C[C@@H]1O. The van der Waals surface area contributed by atoms with Crippen molar-refractivity contribution >= 4 is 5.91 Å². The second kappa shape index (κ2) is 11.1. The molecule has 0 radical (unpaired) electrons. The number of nitrogens with two attached hydrogens (primary N) is 1. The quantitative estimate of drug-likeness (QED) is 0.348. The Bertz CT molecular complexity index is 610. The van der Waals surface area contributed by atoms with Crippen molar-refractivity contribution in [3.8, 4) is 0 Å². The summed E-state index contributed by atoms with van der Waals surface area (Å²) >= 11 is 0. The summed E-state index contributed by atoms with van der Waals surface area (Å²) in [4.78, 5) is 10.7. The third-order valence-electron chi connectivity index (χ3n) is 5.11. The van der Waals surface area contributed by atoms with Crippen molar-refractivity contribution in [2.45, 2.75) is 63.3 Å². The maximum atomic E-state index is 10.7. The van der Waals surface area contributed by atoms with Crippen LogP contribution in [0.25, 0.3) is 0 Å². The molecule has 0 spiro atoms. The van der Waals surface area contributed by atoms with E-state index in [4.69, 9.17) is 10.2 Å². The number of carbonyl (C=O) groups excluding carboxylic acids is 1. The van der Waals surface area contributed by atoms with Crippen LogP contribution in [0.1, 0.15) is 44.3 Å². The van der Waals surface area contributed by atoms with Crippen molar-refractivity contribution in [3.05, 3.63) is 48.5 Å². The monoisotopic (exact) mass is 377 g/mol. The molecule has 150 valence electrons. The largest absolute Gasteiger partial charge is 0.469 e. The maximum absolute atomic E-state index is 10.7. The number of allylic oxidation sites excluding steroid dienone is 2. The molecule has 2 rings (SSSR count). The van der Waals surface area contributed by atoms with Gasteiger partial charge in [-0.3, -0.25) is 4.79 Å². The van der Waals surface area contributed by atoms with Crippen LogP contribution in [0.15, 0.2) is 47.1 Å². The molecular weight excluding hydrogens is 346 g/mol. The molecule has 1 aliphatic rings. The molecule has 0 unspecified atom stereocenters. The molecule has 1 heterocycles. The summed E-state index contributed by atoms with van der Waals surface area (Å²) in [5, 5.41) is 30.6. The van der Waals surface area contributed by atoms with Crippen LogP contribution in [0, 0.1) is 11.8 Å². The fourth-order valence-corrected chi connectivity index (χ4v) is 3.57. The van der Waals surface area contributed by atoms with Crippen molar-refractivity contribution in [2.75, 3.05) is 0 Å². The Kier molecular flexibility index (Phi) is 8.78. The molecule has 1 saturated carbocycles. The fraction of sp³-hybridized carbons (Fsp3) is 0.571. The van der Waals surface area contributed by atoms with E-state index in [2.05, 4.69) is 0 Å². The minimum atomic E-state index is -0.620. The molecule has 0 saturated heterocycles. The van der Waals surface area contributed by atoms with Crippen LogP contribution in [-0.4, -0.2) is 39.5 Å². The van der Waals surface area contributed by atoms with E-state index < -0.39 is 18.3 Å². The lowest BCUT2D eigenvalue weighted by molar-refractivity contribution is -0.118. The molecule has 1 fully saturated rings. The third kappa shape index (κ3) is 7.33. The Morgan fingerprint density at radius 3 is 2.85 bits per heavy atom. The van der Waals surface area contributed by atoms with Crippen LogP contribution in [0.4, 0.5) is 0 Å². The van der Waals surface area contributed by atoms with Crippen LogP contribution in [0.5, 0.6) is 0 Å². The van der Waals surface area contributed by atoms with Crippen LogP contribution in [-0.2, 0) is 11.2 Å². The molecule has 6 nitrogen and oxygen atoms in total. The van der Waals surface area contributed by atoms with Gasteiger partial charge in [0.25, 0.3) is 0 Å². The normalized spacial score (nSPS) is 26.9. The lowest BCUT2D eigenvalue weighted by atomic mass is 9.89. The van der Waals surface area contributed by atoms with Gasteiger partial charge in [-0.1, -0.05) is 24.3 Å². The Labute approximate surface area is 160 Å². The average molecular weight is 377 g/mol. The van der Waals surface area contributed by atoms with E-state index in [-0.39, 0.29) is 17.7 Å². The molecule has 27 heavy (non-hydrogen) atoms. The molecule has 0 bridgehead atoms. The summed E-state index contributed by atoms with van der Waals surface area (Å²) in [6.45, 7) is 0. The Morgan fingerprint density at radius 2 is 2.15 bits per heavy atom. The smallest absolute Gasteiger partial charge is 0.217 e. The zero-order valence-corrected chi connectivity index (χ0v) is 15.6. The van der Waals surface area contributed by atoms with E-state index in [1.165, 1.54) is 0 Å². The van der Waals surface area contributed by atoms with Gasteiger partial charge in [-0.25, -0.2) is 0 Å². The Balaban J connectivity index is 1.81. The lowest BCUT2D eigenvalue weighted by Crippen LogP contribution is -2.20. The third-order valence-corrected chi connectivity index (χ3v) is 5.11. The average Bonchev–Trinajstić information content (AvgIpc) is 3.22. The number of primary amides is 1. The van der Waals surface area contributed by atoms with Crippen LogP contribution in [0.2, 0.25) is 0 Å². The van der Waals surface area contributed by atoms with Gasteiger partial charge in [-0.15, -0.1) is 0 Å². The molecule has 1 aromatic rings. The lowest BCUT2D eigenvalue weighted by Gasteiger charge is -2.19. The van der Waals surface area contributed by atoms with Crippen molar-refractivity contribution in [3.63, 3.8) is 0 Å². The number of rotatable bonds is 11. The maximum Gasteiger partial charge on any atom is 0.217 e. The van der Waals surface area contributed by atoms with Gasteiger partial charge in [-0.05, 0) is 43.7 Å². The minimum Gasteiger partial charge on any atom is -0.469 e. The number of hydrogen-bond acceptors (Lipinski definition) is 5. The molecule has 6 heteroatoms. The summed E-state index contributed by atoms with van der Waals surface area (Å²) in [5.41, 5.74) is 5.11. The van der Waals surface area contributed by atoms with Crippen molar-refractivity contribution in [1.82, 2.24) is 0 Å². The highest BCUT2D eigenvalue weighted by Gasteiger charge is 2.39. The van der Waals surface area contributed by atoms with E-state index in [1.54, 1.807) is 12.3 Å². The van der Waals surface area contributed by atoms with Gasteiger partial charge in [0.1, 0.15) is 5.76 Å². The second-order valence-corrected chi connectivity index (χ2v) is 7.25. The number of hydrogen-bond donors (Lipinski definition) is 4. The van der Waals surface area contributed by atoms with E-state index in [0.717, 1.165) is 12.2 Å². The first-order valence-electron chi connectivity index (χ1n) is 9.65. The molecule has 1 amide bonds. The predicted octanol–water partition coefficient (Wildman–Crippen LogP) is 2.09. The second-order valence-electron chi connectivity index (χ2n) is 7.25. The fourth-order valence-electron chi connectivity index (χ4n) is 3.57. The van der Waals surface area contributed by atoms with Gasteiger partial charge in [0.2, 0.25) is 5.91 Å². The molecule has 5 N–H and O–H groups in total. The number of unbranched alkanes of at least 4 members (excludes halogenated alkanes) is 1. The molecular formula is C21H31NO5. The van der Waals surface area contributed by atoms with Crippen molar-refractivity contribution < 1.29 is 24.5 Å². The minimum absolute atomic E-state index is 0.0825. The molecule has 0 aromatic carbocycles. The van der Waals surface area contributed by atoms with Gasteiger partial charge < -0.3 is 25.5 Å². The summed E-state index contributed by atoms with van der Waals surface area (Å²) in [5.74, 6) is 0.265. The number of amides is 1. The Morgan fingerprint density at radius 1 is 1.33 bits per heavy atom. The highest BCUT2D eigenvalue weighted by molar-refractivity contribution is 5.73. The van der Waals surface area contributed by atoms with Gasteiger partial charge in [0, 0.05) is 25.2 Å². The molecule has 1 aromatic heterocycles.